The van der Waals surface area contributed by atoms with Crippen molar-refractivity contribution in [3.63, 3.8) is 0 Å². The fourth-order valence-electron chi connectivity index (χ4n) is 3.86. The molecule has 1 aliphatic heterocycles. The molecule has 1 aliphatic rings. The number of hydrogen-bond donors (Lipinski definition) is 4. The highest BCUT2D eigenvalue weighted by Crippen LogP contribution is 2.29. The average molecular weight is 532 g/mol. The number of aromatic carboxylic acids is 1. The van der Waals surface area contributed by atoms with Crippen molar-refractivity contribution in [1.29, 1.82) is 0 Å². The molecule has 0 spiro atoms. The molecule has 1 atom stereocenters. The predicted molar refractivity (Wildman–Crippen MR) is 136 cm³/mol. The number of hydrogen-bond acceptors (Lipinski definition) is 11. The van der Waals surface area contributed by atoms with Crippen LogP contribution in [0.3, 0.4) is 0 Å². The maximum Gasteiger partial charge on any atom is 0.347 e. The fraction of sp³-hybridized carbons (Fsp3) is 0.318. The zero-order chi connectivity index (χ0) is 26.0. The van der Waals surface area contributed by atoms with Crippen molar-refractivity contribution in [1.82, 2.24) is 15.0 Å². The summed E-state index contributed by atoms with van der Waals surface area (Å²) in [6.45, 7) is 2.54. The third kappa shape index (κ3) is 5.71. The molecule has 190 valence electrons. The number of nitrogens with zero attached hydrogens (tertiary/aromatic N) is 4. The van der Waals surface area contributed by atoms with Crippen LogP contribution in [-0.2, 0) is 21.2 Å². The third-order valence-electron chi connectivity index (χ3n) is 5.62. The van der Waals surface area contributed by atoms with E-state index < -0.39 is 27.8 Å². The first-order valence-corrected chi connectivity index (χ1v) is 13.7. The molecular weight excluding hydrogens is 506 g/mol. The van der Waals surface area contributed by atoms with Gasteiger partial charge < -0.3 is 21.1 Å². The van der Waals surface area contributed by atoms with Crippen LogP contribution >= 0.6 is 11.3 Å². The molecule has 1 saturated heterocycles. The molecule has 5 N–H and O–H groups in total. The lowest BCUT2D eigenvalue weighted by Gasteiger charge is -2.24. The van der Waals surface area contributed by atoms with Crippen molar-refractivity contribution >= 4 is 55.8 Å². The number of anilines is 4. The van der Waals surface area contributed by atoms with E-state index in [0.717, 1.165) is 29.6 Å². The van der Waals surface area contributed by atoms with Crippen molar-refractivity contribution in [2.45, 2.75) is 37.2 Å². The number of rotatable bonds is 9. The zero-order valence-corrected chi connectivity index (χ0v) is 21.2. The number of thiazole rings is 1. The summed E-state index contributed by atoms with van der Waals surface area (Å²) >= 11 is 0.966. The molecule has 0 aliphatic carbocycles. The van der Waals surface area contributed by atoms with E-state index in [-0.39, 0.29) is 15.7 Å². The van der Waals surface area contributed by atoms with Crippen LogP contribution in [0.2, 0.25) is 0 Å². The van der Waals surface area contributed by atoms with Gasteiger partial charge in [-0.25, -0.2) is 18.2 Å². The highest BCUT2D eigenvalue weighted by Gasteiger charge is 2.30. The van der Waals surface area contributed by atoms with Crippen LogP contribution in [0.4, 0.5) is 22.7 Å². The summed E-state index contributed by atoms with van der Waals surface area (Å²) in [6.07, 6.45) is 2.55. The quantitative estimate of drug-likeness (QED) is 0.318. The fourth-order valence-corrected chi connectivity index (χ4v) is 5.29. The highest BCUT2D eigenvalue weighted by atomic mass is 32.2. The highest BCUT2D eigenvalue weighted by molar-refractivity contribution is 7.90. The number of carbonyl (C=O) groups is 2. The van der Waals surface area contributed by atoms with Gasteiger partial charge in [-0.05, 0) is 37.5 Å². The van der Waals surface area contributed by atoms with Gasteiger partial charge in [0.1, 0.15) is 22.6 Å². The minimum atomic E-state index is -3.29. The number of primary amides is 1. The maximum atomic E-state index is 12.0. The minimum Gasteiger partial charge on any atom is -0.477 e. The number of benzene rings is 1. The number of amides is 1. The Morgan fingerprint density at radius 3 is 2.56 bits per heavy atom. The van der Waals surface area contributed by atoms with Gasteiger partial charge in [0.25, 0.3) is 0 Å². The Kier molecular flexibility index (Phi) is 7.08. The first-order chi connectivity index (χ1) is 17.0. The SMILES string of the molecule is Cc1nc(Nc2nc(NCc3ccc(S(C)(=O)=O)cc3)cc(N3CCCC3C(N)=O)n2)sc1C(=O)O. The number of aryl methyl sites for hydroxylation is 1. The summed E-state index contributed by atoms with van der Waals surface area (Å²) < 4.78 is 23.4. The lowest BCUT2D eigenvalue weighted by atomic mass is 10.2. The van der Waals surface area contributed by atoms with Crippen molar-refractivity contribution < 1.29 is 23.1 Å². The number of carbonyl (C=O) groups excluding carboxylic acids is 1. The Balaban J connectivity index is 1.62. The third-order valence-corrected chi connectivity index (χ3v) is 7.81. The minimum absolute atomic E-state index is 0.109. The Morgan fingerprint density at radius 1 is 1.22 bits per heavy atom. The lowest BCUT2D eigenvalue weighted by Crippen LogP contribution is -2.40. The number of nitrogens with two attached hydrogens (primary N) is 1. The molecular formula is C22H25N7O5S2. The predicted octanol–water partition coefficient (Wildman–Crippen LogP) is 2.15. The first kappa shape index (κ1) is 25.3. The summed E-state index contributed by atoms with van der Waals surface area (Å²) in [5.74, 6) is -0.420. The van der Waals surface area contributed by atoms with Crippen LogP contribution in [0.25, 0.3) is 0 Å². The summed E-state index contributed by atoms with van der Waals surface area (Å²) in [6, 6.07) is 7.70. The van der Waals surface area contributed by atoms with Crippen molar-refractivity contribution in [3.05, 3.63) is 46.5 Å². The number of carboxylic acids is 1. The standard InChI is InChI=1S/C22H25N7O5S2/c1-12-18(20(31)32)35-22(25-12)28-21-26-16(10-17(27-21)29-9-3-4-15(29)19(23)30)24-11-13-5-7-14(8-6-13)36(2,33)34/h5-8,10,15H,3-4,9,11H2,1-2H3,(H2,23,30)(H,31,32)(H2,24,25,26,27,28). The van der Waals surface area contributed by atoms with Crippen molar-refractivity contribution in [2.75, 3.05) is 28.3 Å². The van der Waals surface area contributed by atoms with Gasteiger partial charge in [-0.2, -0.15) is 9.97 Å². The number of carboxylic acid groups (broad SMARTS) is 1. The second kappa shape index (κ2) is 10.1. The molecule has 12 nitrogen and oxygen atoms in total. The monoisotopic (exact) mass is 531 g/mol. The van der Waals surface area contributed by atoms with Gasteiger partial charge in [-0.15, -0.1) is 0 Å². The normalized spacial score (nSPS) is 15.6. The Hall–Kier alpha value is -3.78. The van der Waals surface area contributed by atoms with Crippen LogP contribution in [0.15, 0.2) is 35.2 Å². The molecule has 1 unspecified atom stereocenters. The van der Waals surface area contributed by atoms with Gasteiger partial charge in [0.2, 0.25) is 11.9 Å². The van der Waals surface area contributed by atoms with E-state index in [9.17, 15) is 23.1 Å². The number of sulfone groups is 1. The van der Waals surface area contributed by atoms with E-state index in [0.29, 0.717) is 42.0 Å². The number of nitrogens with one attached hydrogen (secondary N) is 2. The molecule has 4 rings (SSSR count). The second-order valence-corrected chi connectivity index (χ2v) is 11.3. The van der Waals surface area contributed by atoms with Gasteiger partial charge in [-0.3, -0.25) is 10.1 Å². The van der Waals surface area contributed by atoms with Gasteiger partial charge in [0.15, 0.2) is 15.0 Å². The van der Waals surface area contributed by atoms with Crippen molar-refractivity contribution in [3.8, 4) is 0 Å². The second-order valence-electron chi connectivity index (χ2n) is 8.32. The Morgan fingerprint density at radius 2 is 1.94 bits per heavy atom. The van der Waals surface area contributed by atoms with E-state index in [2.05, 4.69) is 25.6 Å². The molecule has 2 aromatic heterocycles. The molecule has 1 fully saturated rings. The smallest absolute Gasteiger partial charge is 0.347 e. The summed E-state index contributed by atoms with van der Waals surface area (Å²) in [7, 11) is -3.29. The molecule has 36 heavy (non-hydrogen) atoms. The van der Waals surface area contributed by atoms with Gasteiger partial charge in [0.05, 0.1) is 10.6 Å². The summed E-state index contributed by atoms with van der Waals surface area (Å²) in [4.78, 5) is 38.7. The topological polar surface area (TPSA) is 180 Å². The lowest BCUT2D eigenvalue weighted by molar-refractivity contribution is -0.119. The zero-order valence-electron chi connectivity index (χ0n) is 19.6. The van der Waals surface area contributed by atoms with E-state index in [4.69, 9.17) is 5.73 Å². The van der Waals surface area contributed by atoms with Gasteiger partial charge in [0, 0.05) is 25.4 Å². The van der Waals surface area contributed by atoms with Crippen molar-refractivity contribution in [2.24, 2.45) is 5.73 Å². The van der Waals surface area contributed by atoms with Crippen LogP contribution in [0.5, 0.6) is 0 Å². The van der Waals surface area contributed by atoms with E-state index in [1.807, 2.05) is 4.90 Å². The molecule has 3 heterocycles. The molecule has 0 bridgehead atoms. The Labute approximate surface area is 211 Å². The van der Waals surface area contributed by atoms with Gasteiger partial charge in [-0.1, -0.05) is 23.5 Å². The molecule has 1 amide bonds. The molecule has 0 radical (unpaired) electrons. The first-order valence-electron chi connectivity index (χ1n) is 11.0. The molecule has 0 saturated carbocycles. The van der Waals surface area contributed by atoms with E-state index in [1.165, 1.54) is 12.1 Å². The number of aromatic nitrogens is 3. The summed E-state index contributed by atoms with van der Waals surface area (Å²) in [5, 5.41) is 15.8. The van der Waals surface area contributed by atoms with Crippen LogP contribution in [0.1, 0.15) is 33.8 Å². The Bertz CT molecular complexity index is 1410. The van der Waals surface area contributed by atoms with E-state index >= 15 is 0 Å². The average Bonchev–Trinajstić information content (AvgIpc) is 3.44. The molecule has 14 heteroatoms. The maximum absolute atomic E-state index is 12.0. The summed E-state index contributed by atoms with van der Waals surface area (Å²) in [5.41, 5.74) is 6.79. The van der Waals surface area contributed by atoms with Crippen LogP contribution < -0.4 is 21.3 Å². The molecule has 3 aromatic rings. The largest absolute Gasteiger partial charge is 0.477 e. The van der Waals surface area contributed by atoms with Crippen LogP contribution in [-0.4, -0.2) is 59.2 Å². The van der Waals surface area contributed by atoms with Crippen LogP contribution in [0, 0.1) is 6.92 Å². The van der Waals surface area contributed by atoms with E-state index in [1.54, 1.807) is 25.1 Å². The molecule has 1 aromatic carbocycles. The van der Waals surface area contributed by atoms with Gasteiger partial charge >= 0.3 is 5.97 Å².